The third-order valence-electron chi connectivity index (χ3n) is 6.10. The van der Waals surface area contributed by atoms with Crippen LogP contribution < -0.4 is 5.32 Å². The van der Waals surface area contributed by atoms with Gasteiger partial charge in [0.25, 0.3) is 5.91 Å². The van der Waals surface area contributed by atoms with Crippen molar-refractivity contribution in [1.29, 1.82) is 0 Å². The Morgan fingerprint density at radius 2 is 1.60 bits per heavy atom. The van der Waals surface area contributed by atoms with Crippen molar-refractivity contribution in [3.63, 3.8) is 0 Å². The lowest BCUT2D eigenvalue weighted by atomic mass is 10.0. The van der Waals surface area contributed by atoms with Gasteiger partial charge in [-0.15, -0.1) is 0 Å². The Labute approximate surface area is 203 Å². The fraction of sp³-hybridized carbons (Fsp3) is 0.214. The molecule has 0 saturated carbocycles. The molecule has 0 atom stereocenters. The molecule has 1 amide bonds. The number of carbonyl (C=O) groups is 1. The Balaban J connectivity index is 1.32. The van der Waals surface area contributed by atoms with Gasteiger partial charge >= 0.3 is 0 Å². The van der Waals surface area contributed by atoms with E-state index >= 15 is 0 Å². The van der Waals surface area contributed by atoms with Gasteiger partial charge in [0.1, 0.15) is 5.82 Å². The Morgan fingerprint density at radius 1 is 0.914 bits per heavy atom. The third kappa shape index (κ3) is 5.31. The van der Waals surface area contributed by atoms with Gasteiger partial charge in [-0.05, 0) is 35.4 Å². The van der Waals surface area contributed by atoms with Crippen molar-refractivity contribution in [2.45, 2.75) is 13.1 Å². The first-order valence-corrected chi connectivity index (χ1v) is 11.6. The van der Waals surface area contributed by atoms with Crippen LogP contribution in [0.15, 0.2) is 83.4 Å². The molecule has 4 aromatic rings. The van der Waals surface area contributed by atoms with E-state index in [-0.39, 0.29) is 11.8 Å². The van der Waals surface area contributed by atoms with Crippen molar-refractivity contribution in [2.24, 2.45) is 0 Å². The number of amides is 1. The summed E-state index contributed by atoms with van der Waals surface area (Å²) < 4.78 is 25.5. The lowest BCUT2D eigenvalue weighted by Crippen LogP contribution is -2.36. The number of nitrogens with zero attached hydrogens (tertiary/aromatic N) is 2. The van der Waals surface area contributed by atoms with Crippen LogP contribution in [-0.4, -0.2) is 42.1 Å². The SMILES string of the molecule is O=C(NCc1ccccc1CN1CCOCC1)c1ccccc1-c1ncc(-c2ccccc2F)o1. The highest BCUT2D eigenvalue weighted by Crippen LogP contribution is 2.29. The largest absolute Gasteiger partial charge is 0.436 e. The van der Waals surface area contributed by atoms with Crippen LogP contribution in [0, 0.1) is 5.82 Å². The molecule has 5 rings (SSSR count). The van der Waals surface area contributed by atoms with E-state index in [4.69, 9.17) is 9.15 Å². The van der Waals surface area contributed by atoms with E-state index in [1.807, 2.05) is 24.3 Å². The number of ether oxygens (including phenoxy) is 1. The predicted molar refractivity (Wildman–Crippen MR) is 131 cm³/mol. The predicted octanol–water partition coefficient (Wildman–Crippen LogP) is 4.91. The normalized spacial score (nSPS) is 14.1. The fourth-order valence-electron chi connectivity index (χ4n) is 4.21. The highest BCUT2D eigenvalue weighted by Gasteiger charge is 2.19. The lowest BCUT2D eigenvalue weighted by molar-refractivity contribution is 0.0340. The van der Waals surface area contributed by atoms with Gasteiger partial charge in [0, 0.05) is 31.7 Å². The van der Waals surface area contributed by atoms with E-state index in [0.717, 1.165) is 38.4 Å². The number of hydrogen-bond acceptors (Lipinski definition) is 5. The highest BCUT2D eigenvalue weighted by molar-refractivity contribution is 6.00. The molecule has 35 heavy (non-hydrogen) atoms. The number of aromatic nitrogens is 1. The molecule has 1 aromatic heterocycles. The summed E-state index contributed by atoms with van der Waals surface area (Å²) in [5, 5.41) is 3.04. The molecule has 178 valence electrons. The lowest BCUT2D eigenvalue weighted by Gasteiger charge is -2.27. The van der Waals surface area contributed by atoms with E-state index in [0.29, 0.717) is 29.0 Å². The molecule has 3 aromatic carbocycles. The Hall–Kier alpha value is -3.81. The fourth-order valence-corrected chi connectivity index (χ4v) is 4.21. The van der Waals surface area contributed by atoms with Crippen molar-refractivity contribution >= 4 is 5.91 Å². The zero-order chi connectivity index (χ0) is 24.0. The Bertz CT molecular complexity index is 1310. The molecule has 7 heteroatoms. The van der Waals surface area contributed by atoms with Gasteiger partial charge in [-0.3, -0.25) is 9.69 Å². The molecule has 1 aliphatic heterocycles. The third-order valence-corrected chi connectivity index (χ3v) is 6.10. The van der Waals surface area contributed by atoms with E-state index in [9.17, 15) is 9.18 Å². The highest BCUT2D eigenvalue weighted by atomic mass is 19.1. The molecule has 1 aliphatic rings. The summed E-state index contributed by atoms with van der Waals surface area (Å²) in [4.78, 5) is 19.8. The molecule has 0 radical (unpaired) electrons. The summed E-state index contributed by atoms with van der Waals surface area (Å²) in [6.45, 7) is 4.52. The molecule has 6 nitrogen and oxygen atoms in total. The van der Waals surface area contributed by atoms with Gasteiger partial charge in [-0.1, -0.05) is 48.5 Å². The van der Waals surface area contributed by atoms with E-state index in [2.05, 4.69) is 21.3 Å². The molecule has 1 N–H and O–H groups in total. The molecule has 0 bridgehead atoms. The molecule has 1 saturated heterocycles. The van der Waals surface area contributed by atoms with Crippen molar-refractivity contribution < 1.29 is 18.3 Å². The van der Waals surface area contributed by atoms with Crippen LogP contribution in [0.1, 0.15) is 21.5 Å². The number of carbonyl (C=O) groups excluding carboxylic acids is 1. The van der Waals surface area contributed by atoms with Gasteiger partial charge in [0.05, 0.1) is 30.5 Å². The van der Waals surface area contributed by atoms with Gasteiger partial charge in [0.2, 0.25) is 5.89 Å². The summed E-state index contributed by atoms with van der Waals surface area (Å²) in [7, 11) is 0. The van der Waals surface area contributed by atoms with Crippen LogP contribution in [0.25, 0.3) is 22.8 Å². The summed E-state index contributed by atoms with van der Waals surface area (Å²) in [6, 6.07) is 21.6. The van der Waals surface area contributed by atoms with Crippen LogP contribution in [0.2, 0.25) is 0 Å². The summed E-state index contributed by atoms with van der Waals surface area (Å²) >= 11 is 0. The minimum Gasteiger partial charge on any atom is -0.436 e. The molecule has 0 aliphatic carbocycles. The van der Waals surface area contributed by atoms with Crippen LogP contribution in [0.3, 0.4) is 0 Å². The van der Waals surface area contributed by atoms with Gasteiger partial charge in [-0.2, -0.15) is 0 Å². The minimum atomic E-state index is -0.392. The standard InChI is InChI=1S/C28H26FN3O3/c29-25-12-6-5-11-24(25)26-18-31-28(35-26)23-10-4-3-9-22(23)27(33)30-17-20-7-1-2-8-21(20)19-32-13-15-34-16-14-32/h1-12,18H,13-17,19H2,(H,30,33). The van der Waals surface area contributed by atoms with Crippen LogP contribution >= 0.6 is 0 Å². The average molecular weight is 472 g/mol. The molecule has 0 unspecified atom stereocenters. The minimum absolute atomic E-state index is 0.229. The first-order valence-electron chi connectivity index (χ1n) is 11.6. The zero-order valence-corrected chi connectivity index (χ0v) is 19.2. The first-order chi connectivity index (χ1) is 17.2. The van der Waals surface area contributed by atoms with Crippen molar-refractivity contribution in [1.82, 2.24) is 15.2 Å². The van der Waals surface area contributed by atoms with Crippen molar-refractivity contribution in [3.05, 3.63) is 102 Å². The second-order valence-electron chi connectivity index (χ2n) is 8.40. The number of halogens is 1. The molecule has 2 heterocycles. The van der Waals surface area contributed by atoms with Crippen LogP contribution in [0.5, 0.6) is 0 Å². The number of morpholine rings is 1. The number of nitrogens with one attached hydrogen (secondary N) is 1. The monoisotopic (exact) mass is 471 g/mol. The zero-order valence-electron chi connectivity index (χ0n) is 19.2. The van der Waals surface area contributed by atoms with Gasteiger partial charge in [-0.25, -0.2) is 9.37 Å². The van der Waals surface area contributed by atoms with E-state index in [1.165, 1.54) is 17.8 Å². The van der Waals surface area contributed by atoms with Gasteiger partial charge in [0.15, 0.2) is 5.76 Å². The quantitative estimate of drug-likeness (QED) is 0.415. The van der Waals surface area contributed by atoms with Crippen LogP contribution in [0.4, 0.5) is 4.39 Å². The van der Waals surface area contributed by atoms with Gasteiger partial charge < -0.3 is 14.5 Å². The van der Waals surface area contributed by atoms with E-state index < -0.39 is 5.82 Å². The maximum Gasteiger partial charge on any atom is 0.252 e. The summed E-state index contributed by atoms with van der Waals surface area (Å²) in [5.41, 5.74) is 3.58. The second kappa shape index (κ2) is 10.6. The van der Waals surface area contributed by atoms with Crippen LogP contribution in [-0.2, 0) is 17.8 Å². The molecular formula is C28H26FN3O3. The topological polar surface area (TPSA) is 67.6 Å². The van der Waals surface area contributed by atoms with Crippen molar-refractivity contribution in [2.75, 3.05) is 26.3 Å². The number of oxazole rings is 1. The molecule has 1 fully saturated rings. The summed E-state index contributed by atoms with van der Waals surface area (Å²) in [6.07, 6.45) is 1.48. The van der Waals surface area contributed by atoms with Crippen molar-refractivity contribution in [3.8, 4) is 22.8 Å². The first kappa shape index (κ1) is 23.0. The summed E-state index contributed by atoms with van der Waals surface area (Å²) in [5.74, 6) is -0.0449. The molecular weight excluding hydrogens is 445 g/mol. The number of rotatable bonds is 7. The maximum absolute atomic E-state index is 14.2. The number of benzene rings is 3. The Kier molecular flexibility index (Phi) is 6.97. The maximum atomic E-state index is 14.2. The number of hydrogen-bond donors (Lipinski definition) is 1. The smallest absolute Gasteiger partial charge is 0.252 e. The second-order valence-corrected chi connectivity index (χ2v) is 8.40. The average Bonchev–Trinajstić information content (AvgIpc) is 3.39. The van der Waals surface area contributed by atoms with E-state index in [1.54, 1.807) is 36.4 Å². The Morgan fingerprint density at radius 3 is 2.40 bits per heavy atom. The molecule has 0 spiro atoms.